The van der Waals surface area contributed by atoms with E-state index in [1.54, 1.807) is 0 Å². The lowest BCUT2D eigenvalue weighted by Gasteiger charge is -2.35. The Morgan fingerprint density at radius 3 is 2.43 bits per heavy atom. The van der Waals surface area contributed by atoms with Gasteiger partial charge in [-0.25, -0.2) is 0 Å². The average molecular weight is 218 g/mol. The number of carbonyl (C=O) groups is 1. The zero-order chi connectivity index (χ0) is 9.31. The van der Waals surface area contributed by atoms with Gasteiger partial charge in [0, 0.05) is 13.0 Å². The number of ketones is 1. The van der Waals surface area contributed by atoms with Crippen LogP contribution in [0.25, 0.3) is 0 Å². The number of carbonyl (C=O) groups excluding carboxylic acids is 1. The highest BCUT2D eigenvalue weighted by Crippen LogP contribution is 2.35. The highest BCUT2D eigenvalue weighted by atomic mass is 35.5. The molecule has 3 heteroatoms. The van der Waals surface area contributed by atoms with E-state index in [0.29, 0.717) is 11.7 Å². The average Bonchev–Trinajstić information content (AvgIpc) is 2.50. The molecule has 0 aromatic heterocycles. The van der Waals surface area contributed by atoms with Gasteiger partial charge in [0.1, 0.15) is 0 Å². The van der Waals surface area contributed by atoms with E-state index in [1.165, 1.54) is 32.1 Å². The topological polar surface area (TPSA) is 29.1 Å². The first-order chi connectivity index (χ1) is 6.23. The summed E-state index contributed by atoms with van der Waals surface area (Å²) in [6.45, 7) is 3.00. The maximum absolute atomic E-state index is 11.7. The van der Waals surface area contributed by atoms with Crippen LogP contribution in [0, 0.1) is 5.92 Å². The fourth-order valence-corrected chi connectivity index (χ4v) is 2.85. The highest BCUT2D eigenvalue weighted by Gasteiger charge is 2.43. The molecule has 0 radical (unpaired) electrons. The molecule has 14 heavy (non-hydrogen) atoms. The van der Waals surface area contributed by atoms with Crippen LogP contribution in [0.1, 0.15) is 45.4 Å². The predicted molar refractivity (Wildman–Crippen MR) is 59.9 cm³/mol. The Bertz CT molecular complexity index is 213. The van der Waals surface area contributed by atoms with Crippen molar-refractivity contribution in [3.8, 4) is 0 Å². The first-order valence-corrected chi connectivity index (χ1v) is 5.52. The van der Waals surface area contributed by atoms with Crippen LogP contribution in [0.4, 0.5) is 0 Å². The Hall–Kier alpha value is -0.0800. The van der Waals surface area contributed by atoms with Gasteiger partial charge in [-0.15, -0.1) is 12.4 Å². The van der Waals surface area contributed by atoms with E-state index in [4.69, 9.17) is 0 Å². The molecular weight excluding hydrogens is 198 g/mol. The molecule has 1 unspecified atom stereocenters. The van der Waals surface area contributed by atoms with Crippen LogP contribution in [0.5, 0.6) is 0 Å². The van der Waals surface area contributed by atoms with E-state index in [0.717, 1.165) is 13.0 Å². The smallest absolute Gasteiger partial charge is 0.154 e. The van der Waals surface area contributed by atoms with Crippen LogP contribution in [0.15, 0.2) is 0 Å². The molecule has 1 saturated carbocycles. The summed E-state index contributed by atoms with van der Waals surface area (Å²) in [7, 11) is 0. The Morgan fingerprint density at radius 1 is 1.29 bits per heavy atom. The predicted octanol–water partition coefficient (Wildman–Crippen LogP) is 2.31. The maximum atomic E-state index is 11.7. The first-order valence-electron chi connectivity index (χ1n) is 5.52. The third-order valence-electron chi connectivity index (χ3n) is 3.85. The van der Waals surface area contributed by atoms with Crippen LogP contribution in [-0.2, 0) is 4.79 Å². The van der Waals surface area contributed by atoms with Crippen LogP contribution in [0.2, 0.25) is 0 Å². The molecule has 2 aliphatic rings. The molecule has 0 amide bonds. The van der Waals surface area contributed by atoms with Gasteiger partial charge in [0.15, 0.2) is 5.78 Å². The molecule has 0 bridgehead atoms. The highest BCUT2D eigenvalue weighted by molar-refractivity contribution is 5.90. The Kier molecular flexibility index (Phi) is 3.96. The summed E-state index contributed by atoms with van der Waals surface area (Å²) >= 11 is 0. The number of nitrogens with one attached hydrogen (secondary N) is 1. The standard InChI is InChI=1S/C11H19NO.ClH/c1-11(10(13)7-8-12-11)9-5-3-2-4-6-9;/h9,12H,2-8H2,1H3;1H. The van der Waals surface area contributed by atoms with Gasteiger partial charge in [0.05, 0.1) is 5.54 Å². The van der Waals surface area contributed by atoms with Crippen LogP contribution in [-0.4, -0.2) is 17.9 Å². The molecule has 1 heterocycles. The summed E-state index contributed by atoms with van der Waals surface area (Å²) < 4.78 is 0. The minimum Gasteiger partial charge on any atom is -0.304 e. The molecule has 1 aliphatic carbocycles. The summed E-state index contributed by atoms with van der Waals surface area (Å²) in [5.41, 5.74) is -0.166. The molecule has 1 N–H and O–H groups in total. The number of halogens is 1. The molecule has 1 atom stereocenters. The Balaban J connectivity index is 0.000000980. The van der Waals surface area contributed by atoms with E-state index < -0.39 is 0 Å². The largest absolute Gasteiger partial charge is 0.304 e. The summed E-state index contributed by atoms with van der Waals surface area (Å²) in [5.74, 6) is 1.05. The number of Topliss-reactive ketones (excluding diaryl/α,β-unsaturated/α-hetero) is 1. The van der Waals surface area contributed by atoms with Gasteiger partial charge in [-0.2, -0.15) is 0 Å². The second-order valence-corrected chi connectivity index (χ2v) is 4.64. The lowest BCUT2D eigenvalue weighted by molar-refractivity contribution is -0.124. The first kappa shape index (κ1) is 12.0. The molecule has 82 valence electrons. The fourth-order valence-electron chi connectivity index (χ4n) is 2.85. The number of hydrogen-bond acceptors (Lipinski definition) is 2. The zero-order valence-electron chi connectivity index (χ0n) is 8.84. The molecular formula is C11H20ClNO. The molecule has 2 nitrogen and oxygen atoms in total. The minimum atomic E-state index is -0.166. The third kappa shape index (κ3) is 1.96. The molecule has 2 fully saturated rings. The molecule has 1 saturated heterocycles. The van der Waals surface area contributed by atoms with Gasteiger partial charge < -0.3 is 5.32 Å². The number of rotatable bonds is 1. The van der Waals surface area contributed by atoms with E-state index in [1.807, 2.05) is 0 Å². The van der Waals surface area contributed by atoms with Crippen molar-refractivity contribution < 1.29 is 4.79 Å². The molecule has 0 aromatic carbocycles. The van der Waals surface area contributed by atoms with Crippen molar-refractivity contribution in [2.75, 3.05) is 6.54 Å². The van der Waals surface area contributed by atoms with Crippen molar-refractivity contribution in [1.82, 2.24) is 5.32 Å². The van der Waals surface area contributed by atoms with Crippen LogP contribution < -0.4 is 5.32 Å². The SMILES string of the molecule is CC1(C2CCCCC2)NCCC1=O.Cl. The van der Waals surface area contributed by atoms with Gasteiger partial charge in [-0.05, 0) is 25.7 Å². The summed E-state index contributed by atoms with van der Waals surface area (Å²) in [6, 6.07) is 0. The Labute approximate surface area is 92.2 Å². The van der Waals surface area contributed by atoms with Gasteiger partial charge >= 0.3 is 0 Å². The lowest BCUT2D eigenvalue weighted by Crippen LogP contribution is -2.49. The monoisotopic (exact) mass is 217 g/mol. The zero-order valence-corrected chi connectivity index (χ0v) is 9.66. The van der Waals surface area contributed by atoms with E-state index in [2.05, 4.69) is 12.2 Å². The minimum absolute atomic E-state index is 0. The van der Waals surface area contributed by atoms with E-state index >= 15 is 0 Å². The second kappa shape index (κ2) is 4.63. The second-order valence-electron chi connectivity index (χ2n) is 4.64. The normalized spacial score (nSPS) is 34.2. The van der Waals surface area contributed by atoms with Crippen molar-refractivity contribution in [1.29, 1.82) is 0 Å². The quantitative estimate of drug-likeness (QED) is 0.731. The van der Waals surface area contributed by atoms with Crippen LogP contribution in [0.3, 0.4) is 0 Å². The third-order valence-corrected chi connectivity index (χ3v) is 3.85. The molecule has 2 rings (SSSR count). The summed E-state index contributed by atoms with van der Waals surface area (Å²) in [6.07, 6.45) is 7.22. The van der Waals surface area contributed by atoms with Crippen molar-refractivity contribution in [3.63, 3.8) is 0 Å². The molecule has 0 spiro atoms. The van der Waals surface area contributed by atoms with Crippen molar-refractivity contribution in [2.45, 2.75) is 51.0 Å². The van der Waals surface area contributed by atoms with Crippen molar-refractivity contribution in [3.05, 3.63) is 0 Å². The summed E-state index contributed by atoms with van der Waals surface area (Å²) in [4.78, 5) is 11.7. The van der Waals surface area contributed by atoms with Crippen molar-refractivity contribution in [2.24, 2.45) is 5.92 Å². The van der Waals surface area contributed by atoms with Gasteiger partial charge in [-0.3, -0.25) is 4.79 Å². The van der Waals surface area contributed by atoms with E-state index in [-0.39, 0.29) is 17.9 Å². The maximum Gasteiger partial charge on any atom is 0.154 e. The molecule has 1 aliphatic heterocycles. The van der Waals surface area contributed by atoms with E-state index in [9.17, 15) is 4.79 Å². The molecule has 0 aromatic rings. The lowest BCUT2D eigenvalue weighted by atomic mass is 9.74. The number of hydrogen-bond donors (Lipinski definition) is 1. The van der Waals surface area contributed by atoms with Gasteiger partial charge in [0.2, 0.25) is 0 Å². The summed E-state index contributed by atoms with van der Waals surface area (Å²) in [5, 5.41) is 3.40. The van der Waals surface area contributed by atoms with Gasteiger partial charge in [0.25, 0.3) is 0 Å². The Morgan fingerprint density at radius 2 is 1.93 bits per heavy atom. The fraction of sp³-hybridized carbons (Fsp3) is 0.909. The van der Waals surface area contributed by atoms with Crippen molar-refractivity contribution >= 4 is 18.2 Å². The van der Waals surface area contributed by atoms with Crippen LogP contribution >= 0.6 is 12.4 Å². The van der Waals surface area contributed by atoms with Gasteiger partial charge in [-0.1, -0.05) is 19.3 Å².